The van der Waals surface area contributed by atoms with Crippen molar-refractivity contribution in [3.05, 3.63) is 68.2 Å². The first kappa shape index (κ1) is 14.1. The number of aromatic nitrogens is 2. The van der Waals surface area contributed by atoms with Gasteiger partial charge in [0.25, 0.3) is 5.56 Å². The van der Waals surface area contributed by atoms with Crippen molar-refractivity contribution in [1.29, 1.82) is 0 Å². The number of halogens is 1. The molecule has 0 atom stereocenters. The molecule has 1 aromatic carbocycles. The van der Waals surface area contributed by atoms with Gasteiger partial charge in [-0.25, -0.2) is 9.18 Å². The van der Waals surface area contributed by atoms with Crippen LogP contribution in [0.4, 0.5) is 4.39 Å². The number of rotatable bonds is 3. The van der Waals surface area contributed by atoms with E-state index in [0.29, 0.717) is 0 Å². The second-order valence-corrected chi connectivity index (χ2v) is 4.72. The molecule has 1 aromatic heterocycles. The maximum atomic E-state index is 14.2. The molecule has 2 N–H and O–H groups in total. The first-order chi connectivity index (χ1) is 9.41. The Morgan fingerprint density at radius 3 is 2.70 bits per heavy atom. The lowest BCUT2D eigenvalue weighted by Gasteiger charge is -2.09. The standard InChI is InChI=1S/C13H12FN3O2S/c1-16-6-5-10(18)17(13(16)19)7-8-3-2-4-9(11(8)14)12(15)20/h2-6H,7H2,1H3,(H2,15,20). The van der Waals surface area contributed by atoms with Crippen LogP contribution in [0.15, 0.2) is 40.1 Å². The van der Waals surface area contributed by atoms with Crippen LogP contribution in [-0.4, -0.2) is 14.1 Å². The molecule has 0 amide bonds. The maximum absolute atomic E-state index is 14.2. The van der Waals surface area contributed by atoms with Crippen LogP contribution in [0.5, 0.6) is 0 Å². The van der Waals surface area contributed by atoms with E-state index in [1.807, 2.05) is 0 Å². The Labute approximate surface area is 119 Å². The van der Waals surface area contributed by atoms with Gasteiger partial charge in [-0.2, -0.15) is 0 Å². The third-order valence-electron chi connectivity index (χ3n) is 2.91. The third kappa shape index (κ3) is 2.53. The van der Waals surface area contributed by atoms with Gasteiger partial charge < -0.3 is 10.3 Å². The SMILES string of the molecule is Cn1ccc(=O)n(Cc2cccc(C(N)=S)c2F)c1=O. The Hall–Kier alpha value is -2.28. The van der Waals surface area contributed by atoms with E-state index in [-0.39, 0.29) is 22.7 Å². The van der Waals surface area contributed by atoms with E-state index in [1.165, 1.54) is 36.0 Å². The van der Waals surface area contributed by atoms with Gasteiger partial charge in [-0.15, -0.1) is 0 Å². The van der Waals surface area contributed by atoms with Gasteiger partial charge in [0.15, 0.2) is 0 Å². The van der Waals surface area contributed by atoms with Crippen LogP contribution in [0.25, 0.3) is 0 Å². The van der Waals surface area contributed by atoms with Crippen LogP contribution < -0.4 is 17.0 Å². The van der Waals surface area contributed by atoms with Gasteiger partial charge in [0, 0.05) is 30.4 Å². The fraction of sp³-hybridized carbons (Fsp3) is 0.154. The summed E-state index contributed by atoms with van der Waals surface area (Å²) in [4.78, 5) is 23.5. The number of hydrogen-bond donors (Lipinski definition) is 1. The summed E-state index contributed by atoms with van der Waals surface area (Å²) >= 11 is 4.75. The molecule has 0 aliphatic rings. The van der Waals surface area contributed by atoms with Crippen molar-refractivity contribution in [2.24, 2.45) is 12.8 Å². The molecule has 5 nitrogen and oxygen atoms in total. The molecule has 7 heteroatoms. The maximum Gasteiger partial charge on any atom is 0.331 e. The Bertz CT molecular complexity index is 795. The Kier molecular flexibility index (Phi) is 3.80. The molecule has 1 heterocycles. The van der Waals surface area contributed by atoms with E-state index in [1.54, 1.807) is 6.07 Å². The van der Waals surface area contributed by atoms with Crippen molar-refractivity contribution in [1.82, 2.24) is 9.13 Å². The van der Waals surface area contributed by atoms with Crippen molar-refractivity contribution in [3.8, 4) is 0 Å². The molecule has 0 unspecified atom stereocenters. The lowest BCUT2D eigenvalue weighted by Crippen LogP contribution is -2.38. The van der Waals surface area contributed by atoms with Crippen molar-refractivity contribution in [2.75, 3.05) is 0 Å². The lowest BCUT2D eigenvalue weighted by atomic mass is 10.1. The topological polar surface area (TPSA) is 70.0 Å². The highest BCUT2D eigenvalue weighted by Gasteiger charge is 2.12. The quantitative estimate of drug-likeness (QED) is 0.830. The van der Waals surface area contributed by atoms with Crippen molar-refractivity contribution in [3.63, 3.8) is 0 Å². The van der Waals surface area contributed by atoms with Crippen molar-refractivity contribution < 1.29 is 4.39 Å². The summed E-state index contributed by atoms with van der Waals surface area (Å²) in [5.74, 6) is -0.613. The number of nitrogens with two attached hydrogens (primary N) is 1. The number of aryl methyl sites for hydroxylation is 1. The van der Waals surface area contributed by atoms with E-state index < -0.39 is 17.1 Å². The van der Waals surface area contributed by atoms with Crippen LogP contribution in [-0.2, 0) is 13.6 Å². The number of thiocarbonyl (C=S) groups is 1. The van der Waals surface area contributed by atoms with Crippen LogP contribution in [0, 0.1) is 5.82 Å². The molecule has 0 radical (unpaired) electrons. The summed E-state index contributed by atoms with van der Waals surface area (Å²) in [6.45, 7) is -0.172. The average molecular weight is 293 g/mol. The smallest absolute Gasteiger partial charge is 0.331 e. The number of hydrogen-bond acceptors (Lipinski definition) is 3. The van der Waals surface area contributed by atoms with Crippen LogP contribution in [0.2, 0.25) is 0 Å². The number of nitrogens with zero attached hydrogens (tertiary/aromatic N) is 2. The minimum atomic E-state index is -0.613. The monoisotopic (exact) mass is 293 g/mol. The molecule has 0 spiro atoms. The second kappa shape index (κ2) is 5.38. The molecule has 104 valence electrons. The average Bonchev–Trinajstić information content (AvgIpc) is 2.40. The highest BCUT2D eigenvalue weighted by atomic mass is 32.1. The highest BCUT2D eigenvalue weighted by Crippen LogP contribution is 2.13. The minimum Gasteiger partial charge on any atom is -0.389 e. The summed E-state index contributed by atoms with van der Waals surface area (Å²) in [7, 11) is 1.51. The van der Waals surface area contributed by atoms with Gasteiger partial charge in [0.2, 0.25) is 0 Å². The molecule has 0 saturated heterocycles. The Morgan fingerprint density at radius 2 is 2.05 bits per heavy atom. The molecule has 0 fully saturated rings. The van der Waals surface area contributed by atoms with E-state index in [4.69, 9.17) is 18.0 Å². The predicted molar refractivity (Wildman–Crippen MR) is 77.3 cm³/mol. The molecule has 20 heavy (non-hydrogen) atoms. The fourth-order valence-corrected chi connectivity index (χ4v) is 1.98. The summed E-state index contributed by atoms with van der Waals surface area (Å²) in [5, 5.41) is 0. The summed E-state index contributed by atoms with van der Waals surface area (Å²) < 4.78 is 16.4. The zero-order chi connectivity index (χ0) is 14.9. The molecule has 0 saturated carbocycles. The molecule has 2 rings (SSSR count). The Balaban J connectivity index is 2.54. The Morgan fingerprint density at radius 1 is 1.35 bits per heavy atom. The van der Waals surface area contributed by atoms with Gasteiger partial charge >= 0.3 is 5.69 Å². The summed E-state index contributed by atoms with van der Waals surface area (Å²) in [6.07, 6.45) is 1.36. The van der Waals surface area contributed by atoms with Gasteiger partial charge in [-0.05, 0) is 6.07 Å². The van der Waals surface area contributed by atoms with Crippen LogP contribution in [0.1, 0.15) is 11.1 Å². The zero-order valence-corrected chi connectivity index (χ0v) is 11.5. The first-order valence-corrected chi connectivity index (χ1v) is 6.16. The molecular weight excluding hydrogens is 281 g/mol. The minimum absolute atomic E-state index is 0.0716. The van der Waals surface area contributed by atoms with Gasteiger partial charge in [-0.1, -0.05) is 24.4 Å². The fourth-order valence-electron chi connectivity index (χ4n) is 1.82. The van der Waals surface area contributed by atoms with Crippen molar-refractivity contribution in [2.45, 2.75) is 6.54 Å². The summed E-state index contributed by atoms with van der Waals surface area (Å²) in [6, 6.07) is 5.76. The summed E-state index contributed by atoms with van der Waals surface area (Å²) in [5.41, 5.74) is 4.69. The predicted octanol–water partition coefficient (Wildman–Crippen LogP) is 0.369. The third-order valence-corrected chi connectivity index (χ3v) is 3.13. The largest absolute Gasteiger partial charge is 0.389 e. The lowest BCUT2D eigenvalue weighted by molar-refractivity contribution is 0.576. The first-order valence-electron chi connectivity index (χ1n) is 5.75. The normalized spacial score (nSPS) is 10.5. The van der Waals surface area contributed by atoms with E-state index in [0.717, 1.165) is 4.57 Å². The van der Waals surface area contributed by atoms with Gasteiger partial charge in [-0.3, -0.25) is 9.36 Å². The molecule has 0 aliphatic carbocycles. The molecular formula is C13H12FN3O2S. The zero-order valence-electron chi connectivity index (χ0n) is 10.7. The van der Waals surface area contributed by atoms with Gasteiger partial charge in [0.1, 0.15) is 10.8 Å². The molecule has 2 aromatic rings. The molecule has 0 bridgehead atoms. The van der Waals surface area contributed by atoms with E-state index in [9.17, 15) is 14.0 Å². The second-order valence-electron chi connectivity index (χ2n) is 4.28. The van der Waals surface area contributed by atoms with E-state index in [2.05, 4.69) is 0 Å². The highest BCUT2D eigenvalue weighted by molar-refractivity contribution is 7.80. The van der Waals surface area contributed by atoms with Crippen molar-refractivity contribution >= 4 is 17.2 Å². The van der Waals surface area contributed by atoms with Crippen LogP contribution >= 0.6 is 12.2 Å². The van der Waals surface area contributed by atoms with Gasteiger partial charge in [0.05, 0.1) is 6.54 Å². The molecule has 0 aliphatic heterocycles. The van der Waals surface area contributed by atoms with E-state index >= 15 is 0 Å². The van der Waals surface area contributed by atoms with Crippen LogP contribution in [0.3, 0.4) is 0 Å². The number of benzene rings is 1.